The quantitative estimate of drug-likeness (QED) is 0.607. The predicted octanol–water partition coefficient (Wildman–Crippen LogP) is 3.86. The number of hydrogen-bond acceptors (Lipinski definition) is 2. The fourth-order valence-corrected chi connectivity index (χ4v) is 4.23. The van der Waals surface area contributed by atoms with Gasteiger partial charge in [-0.05, 0) is 48.8 Å². The molecule has 0 amide bonds. The van der Waals surface area contributed by atoms with E-state index in [4.69, 9.17) is 4.74 Å². The number of guanidine groups is 1. The van der Waals surface area contributed by atoms with Gasteiger partial charge in [-0.2, -0.15) is 0 Å². The lowest BCUT2D eigenvalue weighted by atomic mass is 9.78. The summed E-state index contributed by atoms with van der Waals surface area (Å²) in [6, 6.07) is 6.93. The van der Waals surface area contributed by atoms with Gasteiger partial charge in [0.2, 0.25) is 0 Å². The zero-order valence-corrected chi connectivity index (χ0v) is 17.1. The summed E-state index contributed by atoms with van der Waals surface area (Å²) in [6.07, 6.45) is 4.84. The first-order valence-electron chi connectivity index (χ1n) is 10.2. The van der Waals surface area contributed by atoms with Crippen LogP contribution in [-0.4, -0.2) is 38.8 Å². The fourth-order valence-electron chi connectivity index (χ4n) is 4.23. The Kier molecular flexibility index (Phi) is 6.09. The Bertz CT molecular complexity index is 647. The Labute approximate surface area is 163 Å². The van der Waals surface area contributed by atoms with Gasteiger partial charge in [-0.25, -0.2) is 4.39 Å². The molecule has 5 heteroatoms. The topological polar surface area (TPSA) is 45.7 Å². The van der Waals surface area contributed by atoms with Crippen molar-refractivity contribution in [2.75, 3.05) is 26.7 Å². The molecule has 1 saturated heterocycles. The summed E-state index contributed by atoms with van der Waals surface area (Å²) in [5.41, 5.74) is 1.47. The second-order valence-electron chi connectivity index (χ2n) is 9.15. The van der Waals surface area contributed by atoms with Gasteiger partial charge in [0.25, 0.3) is 0 Å². The van der Waals surface area contributed by atoms with Crippen LogP contribution in [-0.2, 0) is 10.2 Å². The molecule has 150 valence electrons. The van der Waals surface area contributed by atoms with Crippen molar-refractivity contribution in [1.29, 1.82) is 0 Å². The second-order valence-corrected chi connectivity index (χ2v) is 9.15. The molecule has 0 radical (unpaired) electrons. The second kappa shape index (κ2) is 8.17. The van der Waals surface area contributed by atoms with Gasteiger partial charge in [0.05, 0.1) is 6.10 Å². The maximum atomic E-state index is 13.2. The van der Waals surface area contributed by atoms with Crippen LogP contribution < -0.4 is 10.6 Å². The molecule has 2 unspecified atom stereocenters. The molecule has 1 aromatic carbocycles. The van der Waals surface area contributed by atoms with Crippen molar-refractivity contribution >= 4 is 5.96 Å². The molecule has 27 heavy (non-hydrogen) atoms. The van der Waals surface area contributed by atoms with Crippen molar-refractivity contribution < 1.29 is 9.13 Å². The van der Waals surface area contributed by atoms with Crippen LogP contribution in [0.25, 0.3) is 0 Å². The Hall–Kier alpha value is -1.62. The number of hydrogen-bond donors (Lipinski definition) is 2. The van der Waals surface area contributed by atoms with Crippen molar-refractivity contribution in [3.63, 3.8) is 0 Å². The molecule has 0 bridgehead atoms. The number of aliphatic imine (C=N–C) groups is 1. The van der Waals surface area contributed by atoms with E-state index in [0.29, 0.717) is 5.92 Å². The number of benzene rings is 1. The van der Waals surface area contributed by atoms with E-state index in [9.17, 15) is 4.39 Å². The Balaban J connectivity index is 1.53. The number of halogens is 1. The molecular weight excluding hydrogens is 341 g/mol. The van der Waals surface area contributed by atoms with Gasteiger partial charge in [-0.15, -0.1) is 0 Å². The van der Waals surface area contributed by atoms with Crippen molar-refractivity contribution in [2.24, 2.45) is 16.3 Å². The van der Waals surface area contributed by atoms with E-state index in [-0.39, 0.29) is 22.8 Å². The lowest BCUT2D eigenvalue weighted by Gasteiger charge is -2.40. The van der Waals surface area contributed by atoms with E-state index in [1.54, 1.807) is 12.1 Å². The molecule has 4 nitrogen and oxygen atoms in total. The van der Waals surface area contributed by atoms with Crippen molar-refractivity contribution in [3.8, 4) is 0 Å². The highest BCUT2D eigenvalue weighted by molar-refractivity contribution is 5.79. The summed E-state index contributed by atoms with van der Waals surface area (Å²) >= 11 is 0. The van der Waals surface area contributed by atoms with Crippen molar-refractivity contribution in [3.05, 3.63) is 35.6 Å². The smallest absolute Gasteiger partial charge is 0.191 e. The minimum Gasteiger partial charge on any atom is -0.377 e. The van der Waals surface area contributed by atoms with Crippen LogP contribution >= 0.6 is 0 Å². The van der Waals surface area contributed by atoms with Gasteiger partial charge in [-0.1, -0.05) is 32.9 Å². The summed E-state index contributed by atoms with van der Waals surface area (Å²) in [5, 5.41) is 6.98. The number of rotatable bonds is 5. The third-order valence-corrected chi connectivity index (χ3v) is 5.96. The largest absolute Gasteiger partial charge is 0.377 e. The third kappa shape index (κ3) is 5.01. The van der Waals surface area contributed by atoms with Crippen LogP contribution in [0.5, 0.6) is 0 Å². The third-order valence-electron chi connectivity index (χ3n) is 5.96. The minimum absolute atomic E-state index is 0.118. The van der Waals surface area contributed by atoms with Crippen molar-refractivity contribution in [1.82, 2.24) is 10.6 Å². The summed E-state index contributed by atoms with van der Waals surface area (Å²) in [5.74, 6) is 1.15. The molecule has 0 aromatic heterocycles. The average molecular weight is 376 g/mol. The van der Waals surface area contributed by atoms with Gasteiger partial charge in [0.1, 0.15) is 5.82 Å². The highest BCUT2D eigenvalue weighted by Gasteiger charge is 2.44. The summed E-state index contributed by atoms with van der Waals surface area (Å²) in [4.78, 5) is 4.39. The number of ether oxygens (including phenoxy) is 1. The molecule has 2 N–H and O–H groups in total. The first-order chi connectivity index (χ1) is 12.8. The van der Waals surface area contributed by atoms with Crippen LogP contribution in [0.3, 0.4) is 0 Å². The van der Waals surface area contributed by atoms with E-state index in [2.05, 4.69) is 36.4 Å². The first kappa shape index (κ1) is 20.1. The SMILES string of the molecule is CN=C(NCC1CCCOC1C(C)(C)C)NCC1(c2ccc(F)cc2)CC1. The molecule has 2 aliphatic rings. The highest BCUT2D eigenvalue weighted by atomic mass is 19.1. The van der Waals surface area contributed by atoms with Crippen LogP contribution in [0.2, 0.25) is 0 Å². The lowest BCUT2D eigenvalue weighted by molar-refractivity contribution is -0.0835. The Morgan fingerprint density at radius 3 is 2.52 bits per heavy atom. The molecule has 3 rings (SSSR count). The lowest BCUT2D eigenvalue weighted by Crippen LogP contribution is -2.48. The van der Waals surface area contributed by atoms with Crippen LogP contribution in [0, 0.1) is 17.2 Å². The molecule has 1 aromatic rings. The molecule has 1 aliphatic heterocycles. The van der Waals surface area contributed by atoms with Crippen LogP contribution in [0.4, 0.5) is 4.39 Å². The average Bonchev–Trinajstić information content (AvgIpc) is 3.43. The maximum absolute atomic E-state index is 13.2. The summed E-state index contributed by atoms with van der Waals surface area (Å²) in [6.45, 7) is 9.31. The molecule has 1 heterocycles. The summed E-state index contributed by atoms with van der Waals surface area (Å²) < 4.78 is 19.3. The normalized spacial score (nSPS) is 25.1. The van der Waals surface area contributed by atoms with Crippen LogP contribution in [0.1, 0.15) is 52.0 Å². The minimum atomic E-state index is -0.178. The van der Waals surface area contributed by atoms with E-state index in [1.807, 2.05) is 19.2 Å². The predicted molar refractivity (Wildman–Crippen MR) is 109 cm³/mol. The number of nitrogens with one attached hydrogen (secondary N) is 2. The molecule has 1 saturated carbocycles. The highest BCUT2D eigenvalue weighted by Crippen LogP contribution is 2.47. The van der Waals surface area contributed by atoms with Gasteiger partial charge in [0, 0.05) is 38.1 Å². The fraction of sp³-hybridized carbons (Fsp3) is 0.682. The zero-order valence-electron chi connectivity index (χ0n) is 17.1. The van der Waals surface area contributed by atoms with E-state index in [0.717, 1.165) is 44.9 Å². The monoisotopic (exact) mass is 375 g/mol. The Morgan fingerprint density at radius 1 is 1.22 bits per heavy atom. The maximum Gasteiger partial charge on any atom is 0.191 e. The molecule has 2 atom stereocenters. The standard InChI is InChI=1S/C22H34FN3O/c1-21(2,3)19-16(6-5-13-27-19)14-25-20(24-4)26-15-22(11-12-22)17-7-9-18(23)10-8-17/h7-10,16,19H,5-6,11-15H2,1-4H3,(H2,24,25,26). The molecule has 0 spiro atoms. The zero-order chi connectivity index (χ0) is 19.5. The van der Waals surface area contributed by atoms with Gasteiger partial charge < -0.3 is 15.4 Å². The molecule has 1 aliphatic carbocycles. The van der Waals surface area contributed by atoms with Gasteiger partial charge in [-0.3, -0.25) is 4.99 Å². The first-order valence-corrected chi connectivity index (χ1v) is 10.2. The van der Waals surface area contributed by atoms with Gasteiger partial charge >= 0.3 is 0 Å². The van der Waals surface area contributed by atoms with Crippen molar-refractivity contribution in [2.45, 2.75) is 58.0 Å². The van der Waals surface area contributed by atoms with Gasteiger partial charge in [0.15, 0.2) is 5.96 Å². The van der Waals surface area contributed by atoms with E-state index >= 15 is 0 Å². The van der Waals surface area contributed by atoms with Crippen LogP contribution in [0.15, 0.2) is 29.3 Å². The van der Waals surface area contributed by atoms with E-state index in [1.165, 1.54) is 12.0 Å². The number of nitrogens with zero attached hydrogens (tertiary/aromatic N) is 1. The van der Waals surface area contributed by atoms with E-state index < -0.39 is 0 Å². The molecule has 2 fully saturated rings. The molecular formula is C22H34FN3O. The Morgan fingerprint density at radius 2 is 1.93 bits per heavy atom. The summed E-state index contributed by atoms with van der Waals surface area (Å²) in [7, 11) is 1.81.